The van der Waals surface area contributed by atoms with Gasteiger partial charge in [-0.1, -0.05) is 6.07 Å². The molecule has 0 aromatic carbocycles. The van der Waals surface area contributed by atoms with Crippen molar-refractivity contribution >= 4 is 11.5 Å². The van der Waals surface area contributed by atoms with E-state index >= 15 is 0 Å². The second-order valence-electron chi connectivity index (χ2n) is 2.73. The van der Waals surface area contributed by atoms with Crippen molar-refractivity contribution in [2.75, 3.05) is 7.11 Å². The molecule has 0 fully saturated rings. The largest absolute Gasteiger partial charge is 0.481 e. The van der Waals surface area contributed by atoms with Crippen LogP contribution in [0.4, 0.5) is 0 Å². The number of carboxylic acid groups (broad SMARTS) is 1. The van der Waals surface area contributed by atoms with Gasteiger partial charge in [-0.3, -0.25) is 0 Å². The molecule has 0 unspecified atom stereocenters. The van der Waals surface area contributed by atoms with Gasteiger partial charge >= 0.3 is 5.97 Å². The Labute approximate surface area is 79.5 Å². The third-order valence-corrected chi connectivity index (χ3v) is 1.95. The van der Waals surface area contributed by atoms with Gasteiger partial charge in [-0.15, -0.1) is 0 Å². The van der Waals surface area contributed by atoms with E-state index in [0.29, 0.717) is 11.4 Å². The Bertz CT molecular complexity index is 490. The first-order valence-corrected chi connectivity index (χ1v) is 3.98. The zero-order chi connectivity index (χ0) is 10.1. The van der Waals surface area contributed by atoms with Crippen LogP contribution in [-0.4, -0.2) is 27.8 Å². The molecule has 5 nitrogen and oxygen atoms in total. The maximum absolute atomic E-state index is 10.8. The number of hydrogen-bond acceptors (Lipinski definition) is 3. The Morgan fingerprint density at radius 1 is 1.57 bits per heavy atom. The van der Waals surface area contributed by atoms with Gasteiger partial charge in [0.15, 0.2) is 0 Å². The van der Waals surface area contributed by atoms with Crippen LogP contribution in [-0.2, 0) is 0 Å². The zero-order valence-corrected chi connectivity index (χ0v) is 7.47. The summed E-state index contributed by atoms with van der Waals surface area (Å²) in [4.78, 5) is 10.8. The Balaban J connectivity index is 2.75. The van der Waals surface area contributed by atoms with Crippen molar-refractivity contribution in [3.63, 3.8) is 0 Å². The second-order valence-corrected chi connectivity index (χ2v) is 2.73. The van der Waals surface area contributed by atoms with Crippen LogP contribution in [0, 0.1) is 0 Å². The molecule has 0 aliphatic rings. The van der Waals surface area contributed by atoms with Gasteiger partial charge in [-0.2, -0.15) is 5.10 Å². The third-order valence-electron chi connectivity index (χ3n) is 1.95. The third kappa shape index (κ3) is 1.10. The summed E-state index contributed by atoms with van der Waals surface area (Å²) < 4.78 is 6.48. The van der Waals surface area contributed by atoms with E-state index in [1.165, 1.54) is 17.8 Å². The van der Waals surface area contributed by atoms with E-state index in [9.17, 15) is 4.79 Å². The van der Waals surface area contributed by atoms with Crippen LogP contribution in [0.3, 0.4) is 0 Å². The molecular formula is C9H8N2O3. The maximum Gasteiger partial charge on any atom is 0.339 e. The molecule has 2 heterocycles. The van der Waals surface area contributed by atoms with Crippen molar-refractivity contribution in [2.24, 2.45) is 0 Å². The van der Waals surface area contributed by atoms with Gasteiger partial charge in [0, 0.05) is 6.07 Å². The van der Waals surface area contributed by atoms with Gasteiger partial charge in [-0.25, -0.2) is 9.31 Å². The quantitative estimate of drug-likeness (QED) is 0.772. The molecule has 0 aliphatic heterocycles. The molecule has 72 valence electrons. The molecule has 0 bridgehead atoms. The summed E-state index contributed by atoms with van der Waals surface area (Å²) in [6.45, 7) is 0. The molecule has 2 aromatic heterocycles. The summed E-state index contributed by atoms with van der Waals surface area (Å²) in [5.74, 6) is -0.483. The van der Waals surface area contributed by atoms with E-state index in [4.69, 9.17) is 9.84 Å². The van der Waals surface area contributed by atoms with Gasteiger partial charge in [0.05, 0.1) is 18.8 Å². The number of carbonyl (C=O) groups is 1. The number of nitrogens with zero attached hydrogens (tertiary/aromatic N) is 2. The summed E-state index contributed by atoms with van der Waals surface area (Å²) in [5, 5.41) is 12.8. The minimum absolute atomic E-state index is 0.170. The van der Waals surface area contributed by atoms with Gasteiger partial charge < -0.3 is 9.84 Å². The summed E-state index contributed by atoms with van der Waals surface area (Å²) >= 11 is 0. The Hall–Kier alpha value is -2.04. The number of aromatic carboxylic acids is 1. The number of hydrogen-bond donors (Lipinski definition) is 1. The van der Waals surface area contributed by atoms with Crippen LogP contribution >= 0.6 is 0 Å². The first-order valence-electron chi connectivity index (χ1n) is 3.98. The Morgan fingerprint density at radius 2 is 2.36 bits per heavy atom. The highest BCUT2D eigenvalue weighted by Gasteiger charge is 2.12. The monoisotopic (exact) mass is 192 g/mol. The van der Waals surface area contributed by atoms with Crippen molar-refractivity contribution < 1.29 is 14.6 Å². The SMILES string of the molecule is COc1cccc2c(C(=O)O)cnn12. The Kier molecular flexibility index (Phi) is 1.85. The minimum atomic E-state index is -0.992. The molecule has 2 aromatic rings. The van der Waals surface area contributed by atoms with Crippen molar-refractivity contribution in [2.45, 2.75) is 0 Å². The highest BCUT2D eigenvalue weighted by Crippen LogP contribution is 2.16. The van der Waals surface area contributed by atoms with Crippen molar-refractivity contribution in [3.05, 3.63) is 30.0 Å². The molecule has 14 heavy (non-hydrogen) atoms. The topological polar surface area (TPSA) is 63.8 Å². The minimum Gasteiger partial charge on any atom is -0.481 e. The average Bonchev–Trinajstić information content (AvgIpc) is 2.60. The van der Waals surface area contributed by atoms with Crippen LogP contribution in [0.1, 0.15) is 10.4 Å². The average molecular weight is 192 g/mol. The normalized spacial score (nSPS) is 10.4. The van der Waals surface area contributed by atoms with Gasteiger partial charge in [0.2, 0.25) is 5.88 Å². The molecule has 2 rings (SSSR count). The molecule has 1 N–H and O–H groups in total. The number of pyridine rings is 1. The fourth-order valence-electron chi connectivity index (χ4n) is 1.31. The van der Waals surface area contributed by atoms with E-state index in [1.54, 1.807) is 18.2 Å². The zero-order valence-electron chi connectivity index (χ0n) is 7.47. The number of fused-ring (bicyclic) bond motifs is 1. The summed E-state index contributed by atoms with van der Waals surface area (Å²) in [6.07, 6.45) is 1.31. The fraction of sp³-hybridized carbons (Fsp3) is 0.111. The lowest BCUT2D eigenvalue weighted by molar-refractivity contribution is 0.0699. The van der Waals surface area contributed by atoms with E-state index in [-0.39, 0.29) is 5.56 Å². The lowest BCUT2D eigenvalue weighted by atomic mass is 10.3. The molecule has 0 spiro atoms. The molecule has 0 amide bonds. The number of carboxylic acids is 1. The van der Waals surface area contributed by atoms with Gasteiger partial charge in [-0.05, 0) is 6.07 Å². The molecule has 0 atom stereocenters. The number of ether oxygens (including phenoxy) is 1. The number of rotatable bonds is 2. The fourth-order valence-corrected chi connectivity index (χ4v) is 1.31. The van der Waals surface area contributed by atoms with Gasteiger partial charge in [0.1, 0.15) is 5.56 Å². The predicted molar refractivity (Wildman–Crippen MR) is 48.7 cm³/mol. The molecule has 0 radical (unpaired) electrons. The van der Waals surface area contributed by atoms with Crippen molar-refractivity contribution in [1.29, 1.82) is 0 Å². The highest BCUT2D eigenvalue weighted by molar-refractivity contribution is 5.95. The summed E-state index contributed by atoms with van der Waals surface area (Å²) in [6, 6.07) is 5.12. The first kappa shape index (κ1) is 8.55. The molecule has 5 heteroatoms. The van der Waals surface area contributed by atoms with E-state index in [2.05, 4.69) is 5.10 Å². The van der Waals surface area contributed by atoms with Crippen molar-refractivity contribution in [1.82, 2.24) is 9.61 Å². The second kappa shape index (κ2) is 3.02. The first-order chi connectivity index (χ1) is 6.74. The molecule has 0 saturated heterocycles. The van der Waals surface area contributed by atoms with E-state index in [0.717, 1.165) is 0 Å². The van der Waals surface area contributed by atoms with Crippen LogP contribution in [0.15, 0.2) is 24.4 Å². The molecule has 0 aliphatic carbocycles. The van der Waals surface area contributed by atoms with Crippen LogP contribution in [0.25, 0.3) is 5.52 Å². The summed E-state index contributed by atoms with van der Waals surface area (Å²) in [7, 11) is 1.51. The Morgan fingerprint density at radius 3 is 3.00 bits per heavy atom. The van der Waals surface area contributed by atoms with Crippen LogP contribution in [0.5, 0.6) is 5.88 Å². The van der Waals surface area contributed by atoms with Crippen LogP contribution < -0.4 is 4.74 Å². The molecular weight excluding hydrogens is 184 g/mol. The summed E-state index contributed by atoms with van der Waals surface area (Å²) in [5.41, 5.74) is 0.695. The maximum atomic E-state index is 10.8. The standard InChI is InChI=1S/C9H8N2O3/c1-14-8-4-2-3-7-6(9(12)13)5-10-11(7)8/h2-5H,1H3,(H,12,13). The lowest BCUT2D eigenvalue weighted by Crippen LogP contribution is -1.97. The van der Waals surface area contributed by atoms with Gasteiger partial charge in [0.25, 0.3) is 0 Å². The molecule has 0 saturated carbocycles. The van der Waals surface area contributed by atoms with Crippen molar-refractivity contribution in [3.8, 4) is 5.88 Å². The van der Waals surface area contributed by atoms with E-state index in [1.807, 2.05) is 0 Å². The predicted octanol–water partition coefficient (Wildman–Crippen LogP) is 1.04. The smallest absolute Gasteiger partial charge is 0.339 e. The van der Waals surface area contributed by atoms with Crippen LogP contribution in [0.2, 0.25) is 0 Å². The lowest BCUT2D eigenvalue weighted by Gasteiger charge is -2.01. The number of methoxy groups -OCH3 is 1. The number of aromatic nitrogens is 2. The highest BCUT2D eigenvalue weighted by atomic mass is 16.5. The van der Waals surface area contributed by atoms with E-state index < -0.39 is 5.97 Å².